The highest BCUT2D eigenvalue weighted by molar-refractivity contribution is 6.16. The number of carbonyl (C=O) groups excluding carboxylic acids is 1. The van der Waals surface area contributed by atoms with Gasteiger partial charge >= 0.3 is 0 Å². The molecule has 0 amide bonds. The summed E-state index contributed by atoms with van der Waals surface area (Å²) in [4.78, 5) is 13.0. The lowest BCUT2D eigenvalue weighted by Crippen LogP contribution is -2.06. The summed E-state index contributed by atoms with van der Waals surface area (Å²) in [5, 5.41) is 0.999. The van der Waals surface area contributed by atoms with Gasteiger partial charge in [0.1, 0.15) is 5.75 Å². The van der Waals surface area contributed by atoms with E-state index in [-0.39, 0.29) is 11.9 Å². The van der Waals surface area contributed by atoms with Crippen LogP contribution >= 0.6 is 0 Å². The fourth-order valence-electron chi connectivity index (χ4n) is 2.93. The maximum Gasteiger partial charge on any atom is 0.195 e. The number of rotatable bonds is 5. The van der Waals surface area contributed by atoms with Gasteiger partial charge in [0.05, 0.1) is 6.10 Å². The molecule has 0 N–H and O–H groups in total. The SMILES string of the molecule is CC(C)Oc1ccc(C(=O)c2cn(C(C)C)c3ccccc23)cc1. The molecule has 124 valence electrons. The molecule has 3 nitrogen and oxygen atoms in total. The van der Waals surface area contributed by atoms with Crippen molar-refractivity contribution in [3.05, 3.63) is 65.9 Å². The van der Waals surface area contributed by atoms with Gasteiger partial charge in [0, 0.05) is 34.3 Å². The third-order valence-corrected chi connectivity index (χ3v) is 4.03. The Hall–Kier alpha value is -2.55. The smallest absolute Gasteiger partial charge is 0.195 e. The van der Waals surface area contributed by atoms with Crippen molar-refractivity contribution >= 4 is 16.7 Å². The minimum Gasteiger partial charge on any atom is -0.491 e. The molecule has 24 heavy (non-hydrogen) atoms. The number of hydrogen-bond donors (Lipinski definition) is 0. The average Bonchev–Trinajstić information content (AvgIpc) is 2.94. The molecular weight excluding hydrogens is 298 g/mol. The molecule has 0 saturated carbocycles. The zero-order valence-corrected chi connectivity index (χ0v) is 14.6. The van der Waals surface area contributed by atoms with Crippen LogP contribution < -0.4 is 4.74 Å². The Labute approximate surface area is 142 Å². The van der Waals surface area contributed by atoms with Gasteiger partial charge in [0.25, 0.3) is 0 Å². The summed E-state index contributed by atoms with van der Waals surface area (Å²) in [6.07, 6.45) is 2.09. The molecule has 3 aromatic rings. The molecular formula is C21H23NO2. The van der Waals surface area contributed by atoms with Crippen LogP contribution in [0.15, 0.2) is 54.7 Å². The van der Waals surface area contributed by atoms with Gasteiger partial charge in [-0.1, -0.05) is 18.2 Å². The molecule has 0 radical (unpaired) electrons. The summed E-state index contributed by atoms with van der Waals surface area (Å²) < 4.78 is 7.80. The quantitative estimate of drug-likeness (QED) is 0.602. The number of ether oxygens (including phenoxy) is 1. The van der Waals surface area contributed by atoms with Crippen LogP contribution in [0.2, 0.25) is 0 Å². The van der Waals surface area contributed by atoms with Crippen molar-refractivity contribution in [2.24, 2.45) is 0 Å². The van der Waals surface area contributed by atoms with E-state index in [1.165, 1.54) is 0 Å². The largest absolute Gasteiger partial charge is 0.491 e. The molecule has 0 bridgehead atoms. The van der Waals surface area contributed by atoms with Crippen molar-refractivity contribution < 1.29 is 9.53 Å². The van der Waals surface area contributed by atoms with Crippen LogP contribution in [0, 0.1) is 0 Å². The molecule has 0 unspecified atom stereocenters. The second-order valence-electron chi connectivity index (χ2n) is 6.58. The number of aromatic nitrogens is 1. The Morgan fingerprint density at radius 1 is 0.958 bits per heavy atom. The van der Waals surface area contributed by atoms with Gasteiger partial charge < -0.3 is 9.30 Å². The lowest BCUT2D eigenvalue weighted by Gasteiger charge is -2.09. The van der Waals surface area contributed by atoms with Gasteiger partial charge in [0.15, 0.2) is 5.78 Å². The first-order valence-electron chi connectivity index (χ1n) is 8.38. The monoisotopic (exact) mass is 321 g/mol. The van der Waals surface area contributed by atoms with Crippen LogP contribution in [-0.4, -0.2) is 16.5 Å². The highest BCUT2D eigenvalue weighted by Gasteiger charge is 2.17. The van der Waals surface area contributed by atoms with Gasteiger partial charge in [0.2, 0.25) is 0 Å². The minimum absolute atomic E-state index is 0.0432. The third-order valence-electron chi connectivity index (χ3n) is 4.03. The van der Waals surface area contributed by atoms with Gasteiger partial charge in [-0.15, -0.1) is 0 Å². The van der Waals surface area contributed by atoms with Gasteiger partial charge in [-0.3, -0.25) is 4.79 Å². The molecule has 3 rings (SSSR count). The zero-order chi connectivity index (χ0) is 17.3. The summed E-state index contributed by atoms with van der Waals surface area (Å²) in [5.41, 5.74) is 2.52. The Morgan fingerprint density at radius 3 is 2.25 bits per heavy atom. The summed E-state index contributed by atoms with van der Waals surface area (Å²) in [7, 11) is 0. The predicted octanol–water partition coefficient (Wildman–Crippen LogP) is 5.24. The number of ketones is 1. The van der Waals surface area contributed by atoms with E-state index in [1.807, 2.05) is 62.5 Å². The van der Waals surface area contributed by atoms with Crippen LogP contribution in [0.4, 0.5) is 0 Å². The van der Waals surface area contributed by atoms with Crippen molar-refractivity contribution in [2.45, 2.75) is 39.8 Å². The average molecular weight is 321 g/mol. The van der Waals surface area contributed by atoms with E-state index in [4.69, 9.17) is 4.74 Å². The number of nitrogens with zero attached hydrogens (tertiary/aromatic N) is 1. The molecule has 0 aliphatic rings. The molecule has 0 aliphatic heterocycles. The van der Waals surface area contributed by atoms with Crippen molar-refractivity contribution in [1.82, 2.24) is 4.57 Å². The van der Waals surface area contributed by atoms with E-state index in [1.54, 1.807) is 0 Å². The van der Waals surface area contributed by atoms with E-state index < -0.39 is 0 Å². The third kappa shape index (κ3) is 3.07. The molecule has 1 aromatic heterocycles. The lowest BCUT2D eigenvalue weighted by molar-refractivity contribution is 0.104. The summed E-state index contributed by atoms with van der Waals surface area (Å²) in [5.74, 6) is 0.827. The molecule has 1 heterocycles. The van der Waals surface area contributed by atoms with Crippen molar-refractivity contribution in [2.75, 3.05) is 0 Å². The molecule has 2 aromatic carbocycles. The van der Waals surface area contributed by atoms with E-state index in [9.17, 15) is 4.79 Å². The van der Waals surface area contributed by atoms with Gasteiger partial charge in [-0.2, -0.15) is 0 Å². The summed E-state index contributed by atoms with van der Waals surface area (Å²) in [6.45, 7) is 8.22. The second-order valence-corrected chi connectivity index (χ2v) is 6.58. The topological polar surface area (TPSA) is 31.2 Å². The first kappa shape index (κ1) is 16.3. The van der Waals surface area contributed by atoms with E-state index in [2.05, 4.69) is 24.5 Å². The maximum absolute atomic E-state index is 13.0. The van der Waals surface area contributed by atoms with Gasteiger partial charge in [-0.25, -0.2) is 0 Å². The number of benzene rings is 2. The number of para-hydroxylation sites is 1. The first-order chi connectivity index (χ1) is 11.5. The molecule has 0 saturated heterocycles. The van der Waals surface area contributed by atoms with E-state index >= 15 is 0 Å². The molecule has 3 heteroatoms. The highest BCUT2D eigenvalue weighted by Crippen LogP contribution is 2.27. The summed E-state index contributed by atoms with van der Waals surface area (Å²) in [6, 6.07) is 15.7. The number of fused-ring (bicyclic) bond motifs is 1. The van der Waals surface area contributed by atoms with Crippen molar-refractivity contribution in [3.8, 4) is 5.75 Å². The zero-order valence-electron chi connectivity index (χ0n) is 14.6. The van der Waals surface area contributed by atoms with Crippen molar-refractivity contribution in [1.29, 1.82) is 0 Å². The molecule has 0 aliphatic carbocycles. The van der Waals surface area contributed by atoms with Crippen molar-refractivity contribution in [3.63, 3.8) is 0 Å². The second kappa shape index (κ2) is 6.52. The maximum atomic E-state index is 13.0. The number of carbonyl (C=O) groups is 1. The number of hydrogen-bond acceptors (Lipinski definition) is 2. The fraction of sp³-hybridized carbons (Fsp3) is 0.286. The van der Waals surface area contributed by atoms with Crippen LogP contribution in [0.25, 0.3) is 10.9 Å². The molecule has 0 spiro atoms. The normalized spacial score (nSPS) is 11.4. The Bertz CT molecular complexity index is 857. The van der Waals surface area contributed by atoms with E-state index in [0.29, 0.717) is 11.6 Å². The molecule has 0 atom stereocenters. The lowest BCUT2D eigenvalue weighted by atomic mass is 10.0. The van der Waals surface area contributed by atoms with Crippen LogP contribution in [0.1, 0.15) is 49.7 Å². The van der Waals surface area contributed by atoms with Crippen LogP contribution in [0.5, 0.6) is 5.75 Å². The molecule has 0 fully saturated rings. The highest BCUT2D eigenvalue weighted by atomic mass is 16.5. The van der Waals surface area contributed by atoms with Gasteiger partial charge in [-0.05, 0) is 58.0 Å². The van der Waals surface area contributed by atoms with Crippen LogP contribution in [0.3, 0.4) is 0 Å². The Balaban J connectivity index is 2.00. The Morgan fingerprint density at radius 2 is 1.62 bits per heavy atom. The Kier molecular flexibility index (Phi) is 4.43. The minimum atomic E-state index is 0.0432. The fourth-order valence-corrected chi connectivity index (χ4v) is 2.93. The van der Waals surface area contributed by atoms with Crippen LogP contribution in [-0.2, 0) is 0 Å². The van der Waals surface area contributed by atoms with E-state index in [0.717, 1.165) is 22.2 Å². The summed E-state index contributed by atoms with van der Waals surface area (Å²) >= 11 is 0. The predicted molar refractivity (Wildman–Crippen MR) is 98.0 cm³/mol. The first-order valence-corrected chi connectivity index (χ1v) is 8.38. The standard InChI is InChI=1S/C21H23NO2/c1-14(2)22-13-19(18-7-5-6-8-20(18)22)21(23)16-9-11-17(12-10-16)24-15(3)4/h5-15H,1-4H3.